The van der Waals surface area contributed by atoms with Crippen LogP contribution < -0.4 is 10.5 Å². The highest BCUT2D eigenvalue weighted by Crippen LogP contribution is 2.26. The number of aromatic nitrogens is 1. The number of nitrogens with zero attached hydrogens (tertiary/aromatic N) is 2. The summed E-state index contributed by atoms with van der Waals surface area (Å²) in [6.07, 6.45) is -6.71. The van der Waals surface area contributed by atoms with E-state index in [1.807, 2.05) is 0 Å². The van der Waals surface area contributed by atoms with Gasteiger partial charge in [0, 0.05) is 0 Å². The van der Waals surface area contributed by atoms with E-state index in [1.165, 1.54) is 0 Å². The van der Waals surface area contributed by atoms with Crippen LogP contribution in [0.25, 0.3) is 0 Å². The zero-order chi connectivity index (χ0) is 13.2. The molecule has 0 aliphatic rings. The van der Waals surface area contributed by atoms with Crippen LogP contribution in [0, 0.1) is 10.1 Å². The lowest BCUT2D eigenvalue weighted by Gasteiger charge is -2.16. The molecule has 6 nitrogen and oxygen atoms in total. The third-order valence-corrected chi connectivity index (χ3v) is 1.78. The van der Waals surface area contributed by atoms with Crippen molar-refractivity contribution >= 4 is 11.5 Å². The second-order valence-electron chi connectivity index (χ2n) is 3.15. The van der Waals surface area contributed by atoms with E-state index < -0.39 is 28.8 Å². The van der Waals surface area contributed by atoms with E-state index in [0.29, 0.717) is 0 Å². The van der Waals surface area contributed by atoms with E-state index in [1.54, 1.807) is 0 Å². The standard InChI is InChI=1S/C8H8F3N3O3/c1-4(8(9,10)11)17-7-3-5(14(15)16)2-6(12)13-7/h2-4H,1H3,(H2,12,13). The average Bonchev–Trinajstić information content (AvgIpc) is 2.14. The molecule has 9 heteroatoms. The summed E-state index contributed by atoms with van der Waals surface area (Å²) >= 11 is 0. The fourth-order valence-corrected chi connectivity index (χ4v) is 0.925. The van der Waals surface area contributed by atoms with Crippen molar-refractivity contribution in [1.82, 2.24) is 4.98 Å². The second-order valence-corrected chi connectivity index (χ2v) is 3.15. The predicted molar refractivity (Wildman–Crippen MR) is 51.4 cm³/mol. The van der Waals surface area contributed by atoms with Crippen molar-refractivity contribution in [1.29, 1.82) is 0 Å². The van der Waals surface area contributed by atoms with Gasteiger partial charge in [0.05, 0.1) is 17.1 Å². The average molecular weight is 251 g/mol. The van der Waals surface area contributed by atoms with Crippen molar-refractivity contribution in [2.45, 2.75) is 19.2 Å². The van der Waals surface area contributed by atoms with Crippen molar-refractivity contribution in [3.05, 3.63) is 22.2 Å². The Morgan fingerprint density at radius 1 is 1.53 bits per heavy atom. The Labute approximate surface area is 93.3 Å². The highest BCUT2D eigenvalue weighted by atomic mass is 19.4. The lowest BCUT2D eigenvalue weighted by molar-refractivity contribution is -0.385. The fourth-order valence-electron chi connectivity index (χ4n) is 0.925. The van der Waals surface area contributed by atoms with Crippen molar-refractivity contribution in [2.75, 3.05) is 5.73 Å². The quantitative estimate of drug-likeness (QED) is 0.654. The first-order chi connectivity index (χ1) is 7.70. The number of hydrogen-bond donors (Lipinski definition) is 1. The molecule has 1 heterocycles. The van der Waals surface area contributed by atoms with Gasteiger partial charge in [0.1, 0.15) is 5.82 Å². The zero-order valence-electron chi connectivity index (χ0n) is 8.56. The number of ether oxygens (including phenoxy) is 1. The lowest BCUT2D eigenvalue weighted by atomic mass is 10.3. The van der Waals surface area contributed by atoms with Crippen LogP contribution in [0.15, 0.2) is 12.1 Å². The molecule has 1 aromatic rings. The third-order valence-electron chi connectivity index (χ3n) is 1.78. The molecule has 1 rings (SSSR count). The van der Waals surface area contributed by atoms with E-state index in [0.717, 1.165) is 19.1 Å². The maximum atomic E-state index is 12.2. The topological polar surface area (TPSA) is 91.3 Å². The number of nitro groups is 1. The molecule has 0 amide bonds. The first-order valence-electron chi connectivity index (χ1n) is 4.35. The second kappa shape index (κ2) is 4.44. The summed E-state index contributed by atoms with van der Waals surface area (Å²) in [5, 5.41) is 10.4. The monoisotopic (exact) mass is 251 g/mol. The Bertz CT molecular complexity index is 436. The molecule has 2 N–H and O–H groups in total. The molecule has 0 fully saturated rings. The van der Waals surface area contributed by atoms with Crippen molar-refractivity contribution in [2.24, 2.45) is 0 Å². The first kappa shape index (κ1) is 13.0. The van der Waals surface area contributed by atoms with Crippen LogP contribution in [-0.2, 0) is 0 Å². The minimum atomic E-state index is -4.58. The van der Waals surface area contributed by atoms with Gasteiger partial charge in [-0.05, 0) is 6.92 Å². The maximum absolute atomic E-state index is 12.2. The lowest BCUT2D eigenvalue weighted by Crippen LogP contribution is -2.31. The molecule has 0 aliphatic heterocycles. The number of alkyl halides is 3. The number of pyridine rings is 1. The Morgan fingerprint density at radius 3 is 2.59 bits per heavy atom. The summed E-state index contributed by atoms with van der Waals surface area (Å²) in [5.74, 6) is -0.829. The van der Waals surface area contributed by atoms with Crippen LogP contribution >= 0.6 is 0 Å². The van der Waals surface area contributed by atoms with Crippen LogP contribution in [0.2, 0.25) is 0 Å². The Balaban J connectivity index is 2.96. The van der Waals surface area contributed by atoms with Gasteiger partial charge >= 0.3 is 6.18 Å². The molecule has 94 valence electrons. The number of nitrogen functional groups attached to an aromatic ring is 1. The highest BCUT2D eigenvalue weighted by molar-refractivity contribution is 5.45. The minimum absolute atomic E-state index is 0.288. The van der Waals surface area contributed by atoms with Gasteiger partial charge in [-0.1, -0.05) is 0 Å². The maximum Gasteiger partial charge on any atom is 0.425 e. The molecule has 1 aromatic heterocycles. The minimum Gasteiger partial charge on any atom is -0.465 e. The van der Waals surface area contributed by atoms with Gasteiger partial charge in [-0.2, -0.15) is 18.2 Å². The van der Waals surface area contributed by atoms with E-state index in [9.17, 15) is 23.3 Å². The molecule has 0 spiro atoms. The highest BCUT2D eigenvalue weighted by Gasteiger charge is 2.38. The largest absolute Gasteiger partial charge is 0.465 e. The van der Waals surface area contributed by atoms with Crippen LogP contribution in [0.3, 0.4) is 0 Å². The third kappa shape index (κ3) is 3.47. The molecular weight excluding hydrogens is 243 g/mol. The zero-order valence-corrected chi connectivity index (χ0v) is 8.56. The number of rotatable bonds is 3. The Morgan fingerprint density at radius 2 is 2.12 bits per heavy atom. The van der Waals surface area contributed by atoms with Crippen LogP contribution in [0.4, 0.5) is 24.7 Å². The molecular formula is C8H8F3N3O3. The predicted octanol–water partition coefficient (Wildman–Crippen LogP) is 1.90. The summed E-state index contributed by atoms with van der Waals surface area (Å²) in [7, 11) is 0. The summed E-state index contributed by atoms with van der Waals surface area (Å²) in [6.45, 7) is 0.761. The number of halogens is 3. The van der Waals surface area contributed by atoms with Gasteiger partial charge in [0.15, 0.2) is 6.10 Å². The number of hydrogen-bond acceptors (Lipinski definition) is 5. The van der Waals surface area contributed by atoms with Gasteiger partial charge in [-0.25, -0.2) is 0 Å². The normalized spacial score (nSPS) is 13.2. The van der Waals surface area contributed by atoms with Gasteiger partial charge in [-0.15, -0.1) is 0 Å². The van der Waals surface area contributed by atoms with E-state index >= 15 is 0 Å². The van der Waals surface area contributed by atoms with Gasteiger partial charge in [0.25, 0.3) is 5.69 Å². The molecule has 0 aliphatic carbocycles. The molecule has 0 saturated heterocycles. The molecule has 17 heavy (non-hydrogen) atoms. The molecule has 0 radical (unpaired) electrons. The van der Waals surface area contributed by atoms with Gasteiger partial charge in [-0.3, -0.25) is 10.1 Å². The number of nitrogens with two attached hydrogens (primary N) is 1. The Hall–Kier alpha value is -2.06. The number of anilines is 1. The van der Waals surface area contributed by atoms with E-state index in [2.05, 4.69) is 9.72 Å². The molecule has 0 aromatic carbocycles. The van der Waals surface area contributed by atoms with Crippen LogP contribution in [-0.4, -0.2) is 22.2 Å². The summed E-state index contributed by atoms with van der Waals surface area (Å²) in [6, 6.07) is 1.70. The summed E-state index contributed by atoms with van der Waals surface area (Å²) in [5.41, 5.74) is 4.72. The van der Waals surface area contributed by atoms with Crippen LogP contribution in [0.5, 0.6) is 5.88 Å². The van der Waals surface area contributed by atoms with E-state index in [4.69, 9.17) is 5.73 Å². The SMILES string of the molecule is CC(Oc1cc([N+](=O)[O-])cc(N)n1)C(F)(F)F. The molecule has 0 saturated carbocycles. The van der Waals surface area contributed by atoms with Gasteiger partial charge in [0.2, 0.25) is 5.88 Å². The van der Waals surface area contributed by atoms with Crippen molar-refractivity contribution in [3.63, 3.8) is 0 Å². The Kier molecular flexibility index (Phi) is 3.39. The van der Waals surface area contributed by atoms with Gasteiger partial charge < -0.3 is 10.5 Å². The molecule has 1 unspecified atom stereocenters. The van der Waals surface area contributed by atoms with Crippen molar-refractivity contribution < 1.29 is 22.8 Å². The smallest absolute Gasteiger partial charge is 0.425 e. The summed E-state index contributed by atoms with van der Waals surface area (Å²) < 4.78 is 41.0. The van der Waals surface area contributed by atoms with Crippen molar-refractivity contribution in [3.8, 4) is 5.88 Å². The molecule has 1 atom stereocenters. The first-order valence-corrected chi connectivity index (χ1v) is 4.35. The van der Waals surface area contributed by atoms with Crippen LogP contribution in [0.1, 0.15) is 6.92 Å². The summed E-state index contributed by atoms with van der Waals surface area (Å²) in [4.78, 5) is 13.1. The fraction of sp³-hybridized carbons (Fsp3) is 0.375. The van der Waals surface area contributed by atoms with E-state index in [-0.39, 0.29) is 5.82 Å². The molecule has 0 bridgehead atoms.